The molecule has 0 amide bonds. The van der Waals surface area contributed by atoms with Crippen molar-refractivity contribution in [2.75, 3.05) is 6.54 Å². The maximum Gasteiger partial charge on any atom is 0.242 e. The number of benzene rings is 2. The summed E-state index contributed by atoms with van der Waals surface area (Å²) < 4.78 is 27.6. The Balaban J connectivity index is 1.74. The molecule has 24 heavy (non-hydrogen) atoms. The molecule has 1 heterocycles. The second-order valence-electron chi connectivity index (χ2n) is 5.53. The summed E-state index contributed by atoms with van der Waals surface area (Å²) in [6.45, 7) is -0.0551. The Hall–Kier alpha value is -2.28. The minimum absolute atomic E-state index is 0.0551. The first-order valence-corrected chi connectivity index (χ1v) is 9.10. The molecule has 0 bridgehead atoms. The van der Waals surface area contributed by atoms with Crippen molar-refractivity contribution in [3.63, 3.8) is 0 Å². The van der Waals surface area contributed by atoms with E-state index in [4.69, 9.17) is 0 Å². The van der Waals surface area contributed by atoms with Gasteiger partial charge in [0.15, 0.2) is 0 Å². The number of pyridine rings is 1. The van der Waals surface area contributed by atoms with Crippen molar-refractivity contribution in [1.29, 1.82) is 0 Å². The van der Waals surface area contributed by atoms with Crippen LogP contribution >= 0.6 is 0 Å². The number of aromatic nitrogens is 1. The number of aliphatic hydroxyl groups is 1. The van der Waals surface area contributed by atoms with Gasteiger partial charge in [0.05, 0.1) is 11.6 Å². The Morgan fingerprint density at radius 1 is 1.00 bits per heavy atom. The average Bonchev–Trinajstić information content (AvgIpc) is 2.60. The molecule has 2 aromatic carbocycles. The summed E-state index contributed by atoms with van der Waals surface area (Å²) in [5.41, 5.74) is 1.38. The maximum atomic E-state index is 12.5. The number of rotatable bonds is 6. The highest BCUT2D eigenvalue weighted by Crippen LogP contribution is 2.20. The molecule has 5 nitrogen and oxygen atoms in total. The molecule has 0 aliphatic rings. The number of sulfonamides is 1. The first kappa shape index (κ1) is 16.6. The van der Waals surface area contributed by atoms with E-state index in [0.717, 1.165) is 10.9 Å². The third-order valence-corrected chi connectivity index (χ3v) is 5.16. The predicted octanol–water partition coefficient (Wildman–Crippen LogP) is 2.12. The van der Waals surface area contributed by atoms with Gasteiger partial charge in [0.2, 0.25) is 10.0 Å². The fraction of sp³-hybridized carbons (Fsp3) is 0.167. The van der Waals surface area contributed by atoms with E-state index in [0.29, 0.717) is 11.9 Å². The number of fused-ring (bicyclic) bond motifs is 1. The Morgan fingerprint density at radius 3 is 2.54 bits per heavy atom. The fourth-order valence-corrected chi connectivity index (χ4v) is 3.79. The Bertz CT molecular complexity index is 922. The van der Waals surface area contributed by atoms with Crippen LogP contribution in [0.3, 0.4) is 0 Å². The molecule has 124 valence electrons. The molecule has 1 unspecified atom stereocenters. The van der Waals surface area contributed by atoms with Crippen molar-refractivity contribution >= 4 is 20.9 Å². The highest BCUT2D eigenvalue weighted by Gasteiger charge is 2.19. The number of nitrogens with one attached hydrogen (secondary N) is 1. The Morgan fingerprint density at radius 2 is 1.75 bits per heavy atom. The van der Waals surface area contributed by atoms with Crippen LogP contribution in [-0.4, -0.2) is 31.2 Å². The van der Waals surface area contributed by atoms with Crippen molar-refractivity contribution < 1.29 is 13.5 Å². The molecule has 0 saturated carbocycles. The van der Waals surface area contributed by atoms with Crippen molar-refractivity contribution in [3.05, 3.63) is 72.4 Å². The minimum atomic E-state index is -3.75. The Labute approximate surface area is 141 Å². The zero-order chi connectivity index (χ0) is 17.0. The number of nitrogens with zero attached hydrogens (tertiary/aromatic N) is 1. The smallest absolute Gasteiger partial charge is 0.242 e. The van der Waals surface area contributed by atoms with Crippen molar-refractivity contribution in [3.8, 4) is 0 Å². The van der Waals surface area contributed by atoms with Crippen LogP contribution < -0.4 is 4.72 Å². The lowest BCUT2D eigenvalue weighted by Gasteiger charge is -2.13. The summed E-state index contributed by atoms with van der Waals surface area (Å²) in [6, 6.07) is 18.0. The molecular formula is C18H18N2O3S. The third-order valence-electron chi connectivity index (χ3n) is 3.71. The molecule has 1 atom stereocenters. The normalized spacial score (nSPS) is 13.0. The quantitative estimate of drug-likeness (QED) is 0.719. The number of para-hydroxylation sites is 1. The first-order chi connectivity index (χ1) is 11.6. The van der Waals surface area contributed by atoms with Crippen LogP contribution in [0.5, 0.6) is 0 Å². The van der Waals surface area contributed by atoms with Crippen LogP contribution in [0.25, 0.3) is 10.9 Å². The van der Waals surface area contributed by atoms with E-state index >= 15 is 0 Å². The minimum Gasteiger partial charge on any atom is -0.391 e. The van der Waals surface area contributed by atoms with Crippen molar-refractivity contribution in [1.82, 2.24) is 9.71 Å². The summed E-state index contributed by atoms with van der Waals surface area (Å²) in [4.78, 5) is 4.28. The number of hydrogen-bond acceptors (Lipinski definition) is 4. The second-order valence-corrected chi connectivity index (χ2v) is 7.26. The third kappa shape index (κ3) is 3.79. The monoisotopic (exact) mass is 342 g/mol. The summed E-state index contributed by atoms with van der Waals surface area (Å²) in [6.07, 6.45) is 1.15. The van der Waals surface area contributed by atoms with Gasteiger partial charge in [-0.05, 0) is 24.1 Å². The van der Waals surface area contributed by atoms with Gasteiger partial charge in [-0.15, -0.1) is 0 Å². The zero-order valence-electron chi connectivity index (χ0n) is 13.0. The second kappa shape index (κ2) is 7.09. The molecule has 0 radical (unpaired) electrons. The van der Waals surface area contributed by atoms with E-state index in [1.807, 2.05) is 42.5 Å². The van der Waals surface area contributed by atoms with Gasteiger partial charge >= 0.3 is 0 Å². The van der Waals surface area contributed by atoms with Gasteiger partial charge in [0.25, 0.3) is 0 Å². The molecular weight excluding hydrogens is 324 g/mol. The van der Waals surface area contributed by atoms with E-state index in [2.05, 4.69) is 9.71 Å². The van der Waals surface area contributed by atoms with Gasteiger partial charge in [-0.3, -0.25) is 4.98 Å². The summed E-state index contributed by atoms with van der Waals surface area (Å²) in [5.74, 6) is 0. The van der Waals surface area contributed by atoms with Crippen LogP contribution in [0.1, 0.15) is 5.56 Å². The molecule has 0 spiro atoms. The van der Waals surface area contributed by atoms with E-state index in [-0.39, 0.29) is 11.4 Å². The van der Waals surface area contributed by atoms with E-state index in [9.17, 15) is 13.5 Å². The van der Waals surface area contributed by atoms with Gasteiger partial charge in [0, 0.05) is 18.1 Å². The summed E-state index contributed by atoms with van der Waals surface area (Å²) in [7, 11) is -3.75. The fourth-order valence-electron chi connectivity index (χ4n) is 2.54. The van der Waals surface area contributed by atoms with Gasteiger partial charge < -0.3 is 5.11 Å². The Kier molecular flexibility index (Phi) is 4.89. The predicted molar refractivity (Wildman–Crippen MR) is 93.1 cm³/mol. The highest BCUT2D eigenvalue weighted by atomic mass is 32.2. The molecule has 2 N–H and O–H groups in total. The van der Waals surface area contributed by atoms with Crippen LogP contribution in [0.15, 0.2) is 71.8 Å². The molecule has 3 rings (SSSR count). The number of aliphatic hydroxyl groups excluding tert-OH is 1. The van der Waals surface area contributed by atoms with E-state index < -0.39 is 16.1 Å². The lowest BCUT2D eigenvalue weighted by atomic mass is 10.1. The van der Waals surface area contributed by atoms with Crippen molar-refractivity contribution in [2.45, 2.75) is 17.4 Å². The topological polar surface area (TPSA) is 79.3 Å². The number of hydrogen-bond donors (Lipinski definition) is 2. The molecule has 1 aromatic heterocycles. The van der Waals surface area contributed by atoms with E-state index in [1.54, 1.807) is 18.3 Å². The van der Waals surface area contributed by atoms with Gasteiger partial charge in [0.1, 0.15) is 4.90 Å². The molecule has 3 aromatic rings. The molecule has 0 fully saturated rings. The lowest BCUT2D eigenvalue weighted by Crippen LogP contribution is -2.33. The van der Waals surface area contributed by atoms with Gasteiger partial charge in [-0.1, -0.05) is 48.5 Å². The molecule has 0 aliphatic heterocycles. The molecule has 0 saturated heterocycles. The lowest BCUT2D eigenvalue weighted by molar-refractivity contribution is 0.179. The highest BCUT2D eigenvalue weighted by molar-refractivity contribution is 7.89. The SMILES string of the molecule is O=S(=O)(NCC(O)Cc1ccccc1)c1cccc2cccnc12. The molecule has 6 heteroatoms. The largest absolute Gasteiger partial charge is 0.391 e. The van der Waals surface area contributed by atoms with Gasteiger partial charge in [-0.25, -0.2) is 13.1 Å². The van der Waals surface area contributed by atoms with Crippen LogP contribution in [0, 0.1) is 0 Å². The van der Waals surface area contributed by atoms with Gasteiger partial charge in [-0.2, -0.15) is 0 Å². The summed E-state index contributed by atoms with van der Waals surface area (Å²) in [5, 5.41) is 10.8. The van der Waals surface area contributed by atoms with Crippen LogP contribution in [0.4, 0.5) is 0 Å². The average molecular weight is 342 g/mol. The zero-order valence-corrected chi connectivity index (χ0v) is 13.8. The maximum absolute atomic E-state index is 12.5. The van der Waals surface area contributed by atoms with Crippen LogP contribution in [-0.2, 0) is 16.4 Å². The molecule has 0 aliphatic carbocycles. The standard InChI is InChI=1S/C18H18N2O3S/c21-16(12-14-6-2-1-3-7-14)13-20-24(22,23)17-10-4-8-15-9-5-11-19-18(15)17/h1-11,16,20-21H,12-13H2. The van der Waals surface area contributed by atoms with Crippen LogP contribution in [0.2, 0.25) is 0 Å². The summed E-state index contributed by atoms with van der Waals surface area (Å²) >= 11 is 0. The van der Waals surface area contributed by atoms with Crippen molar-refractivity contribution in [2.24, 2.45) is 0 Å². The van der Waals surface area contributed by atoms with E-state index in [1.165, 1.54) is 6.07 Å². The first-order valence-electron chi connectivity index (χ1n) is 7.62.